The van der Waals surface area contributed by atoms with Gasteiger partial charge in [-0.05, 0) is 19.1 Å². The van der Waals surface area contributed by atoms with E-state index in [-0.39, 0.29) is 11.3 Å². The summed E-state index contributed by atoms with van der Waals surface area (Å²) in [4.78, 5) is 12.6. The zero-order valence-electron chi connectivity index (χ0n) is 9.08. The van der Waals surface area contributed by atoms with Crippen molar-refractivity contribution in [1.82, 2.24) is 4.90 Å². The smallest absolute Gasteiger partial charge is 0.257 e. The minimum atomic E-state index is -2.58. The van der Waals surface area contributed by atoms with Gasteiger partial charge in [-0.3, -0.25) is 4.79 Å². The molecular weight excluding hydrogens is 216 g/mol. The van der Waals surface area contributed by atoms with Crippen molar-refractivity contribution in [3.05, 3.63) is 29.3 Å². The van der Waals surface area contributed by atoms with Crippen LogP contribution < -0.4 is 0 Å². The van der Waals surface area contributed by atoms with Crippen LogP contribution in [0.15, 0.2) is 18.2 Å². The number of hydrogen-bond acceptors (Lipinski definition) is 2. The van der Waals surface area contributed by atoms with Gasteiger partial charge in [0.25, 0.3) is 12.3 Å². The van der Waals surface area contributed by atoms with Crippen LogP contribution in [0.4, 0.5) is 8.78 Å². The molecule has 1 N–H and O–H groups in total. The van der Waals surface area contributed by atoms with Gasteiger partial charge in [0.05, 0.1) is 12.1 Å². The van der Waals surface area contributed by atoms with Crippen molar-refractivity contribution in [2.75, 3.05) is 13.6 Å². The molecule has 0 spiro atoms. The molecule has 0 heterocycles. The number of aromatic hydroxyl groups is 1. The molecule has 0 aliphatic heterocycles. The van der Waals surface area contributed by atoms with E-state index in [0.29, 0.717) is 0 Å². The molecule has 0 fully saturated rings. The molecule has 0 aliphatic rings. The lowest BCUT2D eigenvalue weighted by Gasteiger charge is -2.17. The maximum Gasteiger partial charge on any atom is 0.257 e. The number of phenols is 1. The molecule has 88 valence electrons. The highest BCUT2D eigenvalue weighted by molar-refractivity contribution is 5.96. The van der Waals surface area contributed by atoms with Crippen LogP contribution in [0.2, 0.25) is 0 Å². The fourth-order valence-corrected chi connectivity index (χ4v) is 1.32. The van der Waals surface area contributed by atoms with Crippen LogP contribution in [0.3, 0.4) is 0 Å². The summed E-state index contributed by atoms with van der Waals surface area (Å²) in [5, 5.41) is 9.45. The van der Waals surface area contributed by atoms with E-state index in [1.165, 1.54) is 19.2 Å². The van der Waals surface area contributed by atoms with Crippen molar-refractivity contribution < 1.29 is 18.7 Å². The van der Waals surface area contributed by atoms with Gasteiger partial charge < -0.3 is 10.0 Å². The van der Waals surface area contributed by atoms with E-state index < -0.39 is 18.9 Å². The summed E-state index contributed by atoms with van der Waals surface area (Å²) in [7, 11) is 1.27. The number of benzene rings is 1. The molecule has 3 nitrogen and oxygen atoms in total. The quantitative estimate of drug-likeness (QED) is 0.861. The topological polar surface area (TPSA) is 40.5 Å². The highest BCUT2D eigenvalue weighted by Gasteiger charge is 2.18. The van der Waals surface area contributed by atoms with E-state index in [2.05, 4.69) is 0 Å². The summed E-state index contributed by atoms with van der Waals surface area (Å²) in [5.41, 5.74) is 0.828. The first-order valence-corrected chi connectivity index (χ1v) is 4.75. The van der Waals surface area contributed by atoms with Crippen molar-refractivity contribution in [1.29, 1.82) is 0 Å². The second kappa shape index (κ2) is 4.92. The summed E-state index contributed by atoms with van der Waals surface area (Å²) in [6.07, 6.45) is -2.58. The predicted octanol–water partition coefficient (Wildman–Crippen LogP) is 2.04. The largest absolute Gasteiger partial charge is 0.507 e. The Hall–Kier alpha value is -1.65. The zero-order valence-corrected chi connectivity index (χ0v) is 9.08. The second-order valence-electron chi connectivity index (χ2n) is 3.60. The van der Waals surface area contributed by atoms with Crippen molar-refractivity contribution in [2.24, 2.45) is 0 Å². The summed E-state index contributed by atoms with van der Waals surface area (Å²) < 4.78 is 24.2. The van der Waals surface area contributed by atoms with Crippen molar-refractivity contribution >= 4 is 5.91 Å². The Morgan fingerprint density at radius 2 is 2.12 bits per heavy atom. The molecule has 0 aliphatic carbocycles. The number of alkyl halides is 2. The molecule has 0 saturated carbocycles. The standard InChI is InChI=1S/C11H13F2NO2/c1-7-3-4-9(15)8(5-7)11(16)14(2)6-10(12)13/h3-5,10,15H,6H2,1-2H3. The lowest BCUT2D eigenvalue weighted by atomic mass is 10.1. The van der Waals surface area contributed by atoms with E-state index in [0.717, 1.165) is 10.5 Å². The molecule has 0 aromatic heterocycles. The van der Waals surface area contributed by atoms with Gasteiger partial charge in [0.15, 0.2) is 0 Å². The van der Waals surface area contributed by atoms with Crippen molar-refractivity contribution in [3.63, 3.8) is 0 Å². The molecule has 1 amide bonds. The van der Waals surface area contributed by atoms with Gasteiger partial charge in [-0.15, -0.1) is 0 Å². The third-order valence-corrected chi connectivity index (χ3v) is 2.14. The molecule has 0 unspecified atom stereocenters. The Labute approximate surface area is 92.3 Å². The van der Waals surface area contributed by atoms with E-state index in [9.17, 15) is 18.7 Å². The van der Waals surface area contributed by atoms with Crippen LogP contribution in [0.25, 0.3) is 0 Å². The monoisotopic (exact) mass is 229 g/mol. The predicted molar refractivity (Wildman–Crippen MR) is 55.8 cm³/mol. The number of hydrogen-bond donors (Lipinski definition) is 1. The maximum atomic E-state index is 12.1. The lowest BCUT2D eigenvalue weighted by molar-refractivity contribution is 0.0617. The van der Waals surface area contributed by atoms with Crippen LogP contribution in [-0.2, 0) is 0 Å². The van der Waals surface area contributed by atoms with Crippen molar-refractivity contribution in [3.8, 4) is 5.75 Å². The van der Waals surface area contributed by atoms with Gasteiger partial charge in [-0.2, -0.15) is 0 Å². The van der Waals surface area contributed by atoms with Gasteiger partial charge in [0.2, 0.25) is 0 Å². The summed E-state index contributed by atoms with van der Waals surface area (Å²) in [6.45, 7) is 1.11. The summed E-state index contributed by atoms with van der Waals surface area (Å²) >= 11 is 0. The third kappa shape index (κ3) is 2.92. The average molecular weight is 229 g/mol. The molecular formula is C11H13F2NO2. The van der Waals surface area contributed by atoms with Gasteiger partial charge in [-0.1, -0.05) is 11.6 Å². The van der Waals surface area contributed by atoms with Gasteiger partial charge in [0, 0.05) is 7.05 Å². The van der Waals surface area contributed by atoms with Crippen molar-refractivity contribution in [2.45, 2.75) is 13.3 Å². The first-order chi connectivity index (χ1) is 7.41. The summed E-state index contributed by atoms with van der Waals surface area (Å²) in [6, 6.07) is 4.48. The van der Waals surface area contributed by atoms with Crippen LogP contribution in [0.5, 0.6) is 5.75 Å². The molecule has 0 bridgehead atoms. The third-order valence-electron chi connectivity index (χ3n) is 2.14. The molecule has 0 radical (unpaired) electrons. The minimum Gasteiger partial charge on any atom is -0.507 e. The molecule has 1 rings (SSSR count). The highest BCUT2D eigenvalue weighted by atomic mass is 19.3. The van der Waals surface area contributed by atoms with Crippen LogP contribution in [0, 0.1) is 6.92 Å². The molecule has 0 atom stereocenters. The normalized spacial score (nSPS) is 10.6. The fourth-order valence-electron chi connectivity index (χ4n) is 1.32. The highest BCUT2D eigenvalue weighted by Crippen LogP contribution is 2.19. The van der Waals surface area contributed by atoms with E-state index in [4.69, 9.17) is 0 Å². The van der Waals surface area contributed by atoms with Crippen LogP contribution in [0.1, 0.15) is 15.9 Å². The molecule has 1 aromatic rings. The Bertz CT molecular complexity index is 394. The number of carbonyl (C=O) groups is 1. The zero-order chi connectivity index (χ0) is 12.3. The Balaban J connectivity index is 2.91. The maximum absolute atomic E-state index is 12.1. The summed E-state index contributed by atoms with van der Waals surface area (Å²) in [5.74, 6) is -0.807. The first kappa shape index (κ1) is 12.4. The number of phenolic OH excluding ortho intramolecular Hbond substituents is 1. The average Bonchev–Trinajstić information content (AvgIpc) is 2.19. The Morgan fingerprint density at radius 3 is 2.69 bits per heavy atom. The van der Waals surface area contributed by atoms with Gasteiger partial charge >= 0.3 is 0 Å². The number of rotatable bonds is 3. The van der Waals surface area contributed by atoms with E-state index in [1.54, 1.807) is 13.0 Å². The van der Waals surface area contributed by atoms with Gasteiger partial charge in [0.1, 0.15) is 5.75 Å². The van der Waals surface area contributed by atoms with Crippen LogP contribution in [-0.4, -0.2) is 35.9 Å². The number of amides is 1. The molecule has 5 heteroatoms. The van der Waals surface area contributed by atoms with Gasteiger partial charge in [-0.25, -0.2) is 8.78 Å². The number of carbonyl (C=O) groups excluding carboxylic acids is 1. The minimum absolute atomic E-state index is 0.0446. The second-order valence-corrected chi connectivity index (χ2v) is 3.60. The van der Waals surface area contributed by atoms with E-state index in [1.807, 2.05) is 0 Å². The first-order valence-electron chi connectivity index (χ1n) is 4.75. The lowest BCUT2D eigenvalue weighted by Crippen LogP contribution is -2.31. The number of aryl methyl sites for hydroxylation is 1. The Kier molecular flexibility index (Phi) is 3.82. The van der Waals surface area contributed by atoms with E-state index >= 15 is 0 Å². The fraction of sp³-hybridized carbons (Fsp3) is 0.364. The number of halogens is 2. The molecule has 0 saturated heterocycles. The van der Waals surface area contributed by atoms with Crippen LogP contribution >= 0.6 is 0 Å². The number of nitrogens with zero attached hydrogens (tertiary/aromatic N) is 1. The SMILES string of the molecule is Cc1ccc(O)c(C(=O)N(C)CC(F)F)c1. The molecule has 1 aromatic carbocycles. The molecule has 16 heavy (non-hydrogen) atoms. The Morgan fingerprint density at radius 1 is 1.50 bits per heavy atom.